The summed E-state index contributed by atoms with van der Waals surface area (Å²) < 4.78 is 1.94. The molecule has 32 heavy (non-hydrogen) atoms. The van der Waals surface area contributed by atoms with Gasteiger partial charge in [0.15, 0.2) is 0 Å². The molecule has 1 heterocycles. The molecule has 0 saturated heterocycles. The number of aromatic nitrogens is 3. The topological polar surface area (TPSA) is 68.0 Å². The first-order valence-corrected chi connectivity index (χ1v) is 11.6. The number of phenolic OH excluding ortho intramolecular Hbond substituents is 1. The average Bonchev–Trinajstić information content (AvgIpc) is 3.38. The van der Waals surface area contributed by atoms with E-state index in [0.29, 0.717) is 30.4 Å². The number of aryl methyl sites for hydroxylation is 1. The van der Waals surface area contributed by atoms with Crippen molar-refractivity contribution < 1.29 is 9.90 Å². The molecular weight excluding hydrogens is 398 g/mol. The predicted molar refractivity (Wildman–Crippen MR) is 123 cm³/mol. The van der Waals surface area contributed by atoms with E-state index >= 15 is 0 Å². The van der Waals surface area contributed by atoms with Crippen LogP contribution in [0, 0.1) is 24.7 Å². The van der Waals surface area contributed by atoms with Crippen LogP contribution in [0.2, 0.25) is 0 Å². The lowest BCUT2D eigenvalue weighted by Gasteiger charge is -2.42. The number of Topliss-reactive ketones (excluding diaryl/α,β-unsaturated/α-hetero) is 1. The number of aromatic hydroxyl groups is 1. The molecule has 2 fully saturated rings. The zero-order valence-electron chi connectivity index (χ0n) is 18.9. The highest BCUT2D eigenvalue weighted by atomic mass is 16.3. The highest BCUT2D eigenvalue weighted by Crippen LogP contribution is 2.72. The minimum absolute atomic E-state index is 0.0824. The summed E-state index contributed by atoms with van der Waals surface area (Å²) in [5.41, 5.74) is 6.37. The molecule has 164 valence electrons. The summed E-state index contributed by atoms with van der Waals surface area (Å²) in [6.45, 7) is 6.93. The minimum Gasteiger partial charge on any atom is -0.508 e. The maximum absolute atomic E-state index is 13.1. The zero-order valence-corrected chi connectivity index (χ0v) is 18.9. The molecule has 0 amide bonds. The van der Waals surface area contributed by atoms with Crippen molar-refractivity contribution in [1.29, 1.82) is 0 Å². The number of hydrogen-bond donors (Lipinski definition) is 1. The Morgan fingerprint density at radius 2 is 1.94 bits per heavy atom. The molecule has 2 saturated carbocycles. The molecule has 3 aliphatic rings. The third-order valence-electron chi connectivity index (χ3n) is 8.75. The molecule has 0 unspecified atom stereocenters. The molecule has 5 nitrogen and oxygen atoms in total. The third-order valence-corrected chi connectivity index (χ3v) is 8.75. The van der Waals surface area contributed by atoms with Gasteiger partial charge in [-0.15, -0.1) is 5.10 Å². The molecule has 4 atom stereocenters. The Morgan fingerprint density at radius 1 is 1.16 bits per heavy atom. The lowest BCUT2D eigenvalue weighted by atomic mass is 9.61. The second-order valence-corrected chi connectivity index (χ2v) is 10.6. The van der Waals surface area contributed by atoms with Gasteiger partial charge in [-0.2, -0.15) is 0 Å². The number of carbonyl (C=O) groups is 1. The Hall–Kier alpha value is -2.95. The van der Waals surface area contributed by atoms with E-state index < -0.39 is 0 Å². The molecule has 0 aliphatic heterocycles. The van der Waals surface area contributed by atoms with Gasteiger partial charge in [-0.05, 0) is 67.2 Å². The Kier molecular flexibility index (Phi) is 4.02. The van der Waals surface area contributed by atoms with Crippen LogP contribution in [0.4, 0.5) is 0 Å². The van der Waals surface area contributed by atoms with Crippen LogP contribution < -0.4 is 0 Å². The van der Waals surface area contributed by atoms with E-state index in [-0.39, 0.29) is 16.7 Å². The van der Waals surface area contributed by atoms with E-state index in [9.17, 15) is 9.90 Å². The van der Waals surface area contributed by atoms with E-state index in [2.05, 4.69) is 54.5 Å². The molecule has 5 heteroatoms. The highest BCUT2D eigenvalue weighted by Gasteiger charge is 2.65. The van der Waals surface area contributed by atoms with E-state index in [0.717, 1.165) is 36.1 Å². The van der Waals surface area contributed by atoms with Crippen LogP contribution in [0.3, 0.4) is 0 Å². The number of hydrogen-bond acceptors (Lipinski definition) is 4. The van der Waals surface area contributed by atoms with Crippen molar-refractivity contribution in [2.75, 3.05) is 0 Å². The summed E-state index contributed by atoms with van der Waals surface area (Å²) in [6, 6.07) is 12.3. The first-order valence-electron chi connectivity index (χ1n) is 11.6. The maximum atomic E-state index is 13.1. The Bertz CT molecular complexity index is 1240. The van der Waals surface area contributed by atoms with Gasteiger partial charge in [0, 0.05) is 23.3 Å². The van der Waals surface area contributed by atoms with Gasteiger partial charge in [-0.1, -0.05) is 48.0 Å². The molecule has 1 N–H and O–H groups in total. The fraction of sp³-hybridized carbons (Fsp3) is 0.444. The van der Waals surface area contributed by atoms with Crippen molar-refractivity contribution >= 4 is 5.78 Å². The number of ketones is 1. The first-order chi connectivity index (χ1) is 15.3. The van der Waals surface area contributed by atoms with Crippen molar-refractivity contribution in [2.24, 2.45) is 10.8 Å². The van der Waals surface area contributed by atoms with E-state index in [1.807, 2.05) is 23.9 Å². The number of nitrogens with zero attached hydrogens (tertiary/aromatic N) is 3. The number of phenols is 1. The van der Waals surface area contributed by atoms with Crippen molar-refractivity contribution in [2.45, 2.75) is 64.8 Å². The molecule has 3 aliphatic carbocycles. The van der Waals surface area contributed by atoms with Crippen LogP contribution in [0.1, 0.15) is 66.7 Å². The zero-order chi connectivity index (χ0) is 22.3. The minimum atomic E-state index is -0.206. The second-order valence-electron chi connectivity index (χ2n) is 10.6. The monoisotopic (exact) mass is 427 g/mol. The maximum Gasteiger partial charge on any atom is 0.139 e. The summed E-state index contributed by atoms with van der Waals surface area (Å²) >= 11 is 0. The van der Waals surface area contributed by atoms with Gasteiger partial charge < -0.3 is 5.11 Å². The molecular formula is C27H29N3O2. The predicted octanol–water partition coefficient (Wildman–Crippen LogP) is 5.30. The molecule has 2 aromatic carbocycles. The van der Waals surface area contributed by atoms with Crippen molar-refractivity contribution in [3.8, 4) is 17.0 Å². The summed E-state index contributed by atoms with van der Waals surface area (Å²) in [5.74, 6) is 1.28. The molecule has 6 rings (SSSR count). The van der Waals surface area contributed by atoms with Crippen LogP contribution in [-0.2, 0) is 11.3 Å². The summed E-state index contributed by atoms with van der Waals surface area (Å²) in [6.07, 6.45) is 5.59. The Balaban J connectivity index is 1.43. The van der Waals surface area contributed by atoms with Gasteiger partial charge in [-0.3, -0.25) is 9.48 Å². The number of rotatable bonds is 3. The van der Waals surface area contributed by atoms with Crippen LogP contribution in [0.15, 0.2) is 42.6 Å². The van der Waals surface area contributed by atoms with Gasteiger partial charge in [0.05, 0.1) is 12.7 Å². The Morgan fingerprint density at radius 3 is 2.72 bits per heavy atom. The first kappa shape index (κ1) is 19.7. The van der Waals surface area contributed by atoms with Crippen LogP contribution in [-0.4, -0.2) is 25.9 Å². The van der Waals surface area contributed by atoms with Gasteiger partial charge in [0.2, 0.25) is 0 Å². The largest absolute Gasteiger partial charge is 0.508 e. The average molecular weight is 428 g/mol. The van der Waals surface area contributed by atoms with E-state index in [1.165, 1.54) is 16.7 Å². The summed E-state index contributed by atoms with van der Waals surface area (Å²) in [5, 5.41) is 19.5. The highest BCUT2D eigenvalue weighted by molar-refractivity contribution is 5.89. The fourth-order valence-corrected chi connectivity index (χ4v) is 7.08. The van der Waals surface area contributed by atoms with Gasteiger partial charge >= 0.3 is 0 Å². The Labute approximate surface area is 188 Å². The smallest absolute Gasteiger partial charge is 0.139 e. The summed E-state index contributed by atoms with van der Waals surface area (Å²) in [7, 11) is 0. The molecule has 2 bridgehead atoms. The van der Waals surface area contributed by atoms with Crippen molar-refractivity contribution in [1.82, 2.24) is 15.0 Å². The van der Waals surface area contributed by atoms with Crippen molar-refractivity contribution in [3.63, 3.8) is 0 Å². The molecule has 1 aromatic heterocycles. The molecule has 3 aromatic rings. The van der Waals surface area contributed by atoms with Crippen LogP contribution in [0.25, 0.3) is 11.3 Å². The standard InChI is InChI=1S/C27H29N3O2/c1-16-4-6-18(7-5-16)22-14-30(29-28-22)13-21-25-17(2)23(31)9-8-19(25)20-10-11-26(3)15-27(20,21)12-24(26)32/h4-9,14,20-21,31H,10-13,15H2,1-3H3/t20-,21-,26-,27+/m0/s1. The van der Waals surface area contributed by atoms with E-state index in [4.69, 9.17) is 0 Å². The van der Waals surface area contributed by atoms with Gasteiger partial charge in [0.25, 0.3) is 0 Å². The third kappa shape index (κ3) is 2.60. The van der Waals surface area contributed by atoms with Crippen LogP contribution >= 0.6 is 0 Å². The number of benzene rings is 2. The van der Waals surface area contributed by atoms with Gasteiger partial charge in [-0.25, -0.2) is 0 Å². The van der Waals surface area contributed by atoms with Gasteiger partial charge in [0.1, 0.15) is 17.2 Å². The number of fused-ring (bicyclic) bond motifs is 3. The normalized spacial score (nSPS) is 30.4. The fourth-order valence-electron chi connectivity index (χ4n) is 7.08. The number of carbonyl (C=O) groups excluding carboxylic acids is 1. The SMILES string of the molecule is Cc1ccc(-c2cn(C[C@H]3c4c(ccc(O)c4C)[C@@H]4CC[C@@]5(C)C[C@]43CC5=O)nn2)cc1. The van der Waals surface area contributed by atoms with Crippen molar-refractivity contribution in [3.05, 3.63) is 64.8 Å². The summed E-state index contributed by atoms with van der Waals surface area (Å²) in [4.78, 5) is 13.1. The molecule has 0 radical (unpaired) electrons. The van der Waals surface area contributed by atoms with Crippen LogP contribution in [0.5, 0.6) is 5.75 Å². The quantitative estimate of drug-likeness (QED) is 0.616. The molecule has 1 spiro atoms. The lowest BCUT2D eigenvalue weighted by molar-refractivity contribution is -0.125. The van der Waals surface area contributed by atoms with E-state index in [1.54, 1.807) is 0 Å². The second kappa shape index (κ2) is 6.53. The lowest BCUT2D eigenvalue weighted by Crippen LogP contribution is -2.35.